The summed E-state index contributed by atoms with van der Waals surface area (Å²) in [4.78, 5) is 14.5. The summed E-state index contributed by atoms with van der Waals surface area (Å²) in [6.07, 6.45) is 2.13. The van der Waals surface area contributed by atoms with E-state index in [4.69, 9.17) is 4.74 Å². The van der Waals surface area contributed by atoms with Crippen LogP contribution >= 0.6 is 0 Å². The molecular formula is C22H34F2N4O2. The Kier molecular flexibility index (Phi) is 6.06. The third-order valence-corrected chi connectivity index (χ3v) is 6.83. The van der Waals surface area contributed by atoms with E-state index < -0.39 is 12.5 Å². The maximum atomic E-state index is 13.9. The molecule has 1 aromatic heterocycles. The molecule has 4 heterocycles. The predicted molar refractivity (Wildman–Crippen MR) is 111 cm³/mol. The van der Waals surface area contributed by atoms with Crippen molar-refractivity contribution in [2.75, 3.05) is 25.0 Å². The maximum Gasteiger partial charge on any atom is 0.260 e. The molecule has 3 aliphatic rings. The Bertz CT molecular complexity index is 747. The SMILES string of the molecule is CC(C)(C)c1cc2n(n1)[C@@H](C(F)F)C[C@@H](C1CCN(C(=O)CC3CCCO3)CC1)N2. The molecule has 3 aliphatic heterocycles. The van der Waals surface area contributed by atoms with Crippen LogP contribution in [0.15, 0.2) is 6.07 Å². The number of carbonyl (C=O) groups is 1. The molecule has 0 spiro atoms. The molecule has 1 aromatic rings. The first-order chi connectivity index (χ1) is 14.2. The number of hydrogen-bond acceptors (Lipinski definition) is 4. The standard InChI is InChI=1S/C22H34F2N4O2/c1-22(2,3)18-13-19-25-16(12-17(21(23)24)28(19)26-18)14-6-8-27(9-7-14)20(29)11-15-5-4-10-30-15/h13-17,21,25H,4-12H2,1-3H3/t15?,16-,17+/m0/s1. The summed E-state index contributed by atoms with van der Waals surface area (Å²) in [6, 6.07) is 1.000. The minimum Gasteiger partial charge on any atom is -0.378 e. The van der Waals surface area contributed by atoms with Gasteiger partial charge in [-0.25, -0.2) is 13.5 Å². The molecule has 0 aromatic carbocycles. The Morgan fingerprint density at radius 3 is 2.63 bits per heavy atom. The highest BCUT2D eigenvalue weighted by Gasteiger charge is 2.39. The Morgan fingerprint density at radius 1 is 1.30 bits per heavy atom. The molecule has 30 heavy (non-hydrogen) atoms. The van der Waals surface area contributed by atoms with Crippen LogP contribution in [-0.4, -0.2) is 58.9 Å². The first-order valence-corrected chi connectivity index (χ1v) is 11.3. The summed E-state index contributed by atoms with van der Waals surface area (Å²) in [5, 5.41) is 7.99. The van der Waals surface area contributed by atoms with Gasteiger partial charge in [0.25, 0.3) is 6.43 Å². The minimum atomic E-state index is -2.45. The van der Waals surface area contributed by atoms with Gasteiger partial charge < -0.3 is 15.0 Å². The van der Waals surface area contributed by atoms with E-state index in [1.165, 1.54) is 4.68 Å². The third kappa shape index (κ3) is 4.48. The van der Waals surface area contributed by atoms with Crippen LogP contribution in [0.1, 0.15) is 71.0 Å². The normalized spacial score (nSPS) is 27.9. The second-order valence-corrected chi connectivity index (χ2v) is 10.1. The van der Waals surface area contributed by atoms with Crippen LogP contribution in [-0.2, 0) is 14.9 Å². The predicted octanol–water partition coefficient (Wildman–Crippen LogP) is 3.98. The number of nitrogens with one attached hydrogen (secondary N) is 1. The summed E-state index contributed by atoms with van der Waals surface area (Å²) in [7, 11) is 0. The van der Waals surface area contributed by atoms with Crippen molar-refractivity contribution in [1.29, 1.82) is 0 Å². The number of rotatable bonds is 4. The minimum absolute atomic E-state index is 0.0172. The van der Waals surface area contributed by atoms with E-state index >= 15 is 0 Å². The lowest BCUT2D eigenvalue weighted by Crippen LogP contribution is -2.46. The fourth-order valence-corrected chi connectivity index (χ4v) is 4.93. The average molecular weight is 425 g/mol. The number of fused-ring (bicyclic) bond motifs is 1. The van der Waals surface area contributed by atoms with Gasteiger partial charge in [0.15, 0.2) is 0 Å². The number of carbonyl (C=O) groups excluding carboxylic acids is 1. The molecular weight excluding hydrogens is 390 g/mol. The number of ether oxygens (including phenoxy) is 1. The number of hydrogen-bond donors (Lipinski definition) is 1. The molecule has 1 amide bonds. The fraction of sp³-hybridized carbons (Fsp3) is 0.818. The second kappa shape index (κ2) is 8.44. The van der Waals surface area contributed by atoms with E-state index in [0.717, 1.165) is 38.0 Å². The fourth-order valence-electron chi connectivity index (χ4n) is 4.93. The third-order valence-electron chi connectivity index (χ3n) is 6.83. The van der Waals surface area contributed by atoms with E-state index in [-0.39, 0.29) is 29.4 Å². The highest BCUT2D eigenvalue weighted by atomic mass is 19.3. The summed E-state index contributed by atoms with van der Waals surface area (Å²) < 4.78 is 34.8. The van der Waals surface area contributed by atoms with Crippen LogP contribution in [0.3, 0.4) is 0 Å². The van der Waals surface area contributed by atoms with Crippen molar-refractivity contribution in [3.8, 4) is 0 Å². The van der Waals surface area contributed by atoms with Crippen molar-refractivity contribution in [3.05, 3.63) is 11.8 Å². The number of likely N-dealkylation sites (tertiary alicyclic amines) is 1. The van der Waals surface area contributed by atoms with E-state index in [9.17, 15) is 13.6 Å². The van der Waals surface area contributed by atoms with Crippen LogP contribution in [0.4, 0.5) is 14.6 Å². The molecule has 0 saturated carbocycles. The van der Waals surface area contributed by atoms with Crippen molar-refractivity contribution in [2.45, 2.75) is 89.3 Å². The van der Waals surface area contributed by atoms with E-state index in [2.05, 4.69) is 10.4 Å². The lowest BCUT2D eigenvalue weighted by molar-refractivity contribution is -0.135. The van der Waals surface area contributed by atoms with Crippen molar-refractivity contribution >= 4 is 11.7 Å². The van der Waals surface area contributed by atoms with Gasteiger partial charge in [-0.05, 0) is 38.0 Å². The molecule has 1 unspecified atom stereocenters. The number of nitrogens with zero attached hydrogens (tertiary/aromatic N) is 3. The Balaban J connectivity index is 1.39. The first-order valence-electron chi connectivity index (χ1n) is 11.3. The van der Waals surface area contributed by atoms with Crippen LogP contribution in [0, 0.1) is 5.92 Å². The number of amides is 1. The summed E-state index contributed by atoms with van der Waals surface area (Å²) in [5.74, 6) is 1.13. The number of aromatic nitrogens is 2. The molecule has 3 atom stereocenters. The van der Waals surface area contributed by atoms with Crippen LogP contribution in [0.2, 0.25) is 0 Å². The largest absolute Gasteiger partial charge is 0.378 e. The van der Waals surface area contributed by atoms with Crippen LogP contribution in [0.5, 0.6) is 0 Å². The van der Waals surface area contributed by atoms with E-state index in [0.29, 0.717) is 31.7 Å². The first kappa shape index (κ1) is 21.5. The van der Waals surface area contributed by atoms with Gasteiger partial charge >= 0.3 is 0 Å². The molecule has 8 heteroatoms. The summed E-state index contributed by atoms with van der Waals surface area (Å²) in [5.41, 5.74) is 0.633. The van der Waals surface area contributed by atoms with Gasteiger partial charge in [-0.1, -0.05) is 20.8 Å². The average Bonchev–Trinajstić information content (AvgIpc) is 3.36. The number of anilines is 1. The Morgan fingerprint density at radius 2 is 2.03 bits per heavy atom. The molecule has 2 saturated heterocycles. The number of piperidine rings is 1. The Labute approximate surface area is 177 Å². The van der Waals surface area contributed by atoms with Crippen molar-refractivity contribution in [2.24, 2.45) is 5.92 Å². The molecule has 0 radical (unpaired) electrons. The molecule has 1 N–H and O–H groups in total. The quantitative estimate of drug-likeness (QED) is 0.794. The summed E-state index contributed by atoms with van der Waals surface area (Å²) in [6.45, 7) is 8.27. The molecule has 6 nitrogen and oxygen atoms in total. The number of halogens is 2. The topological polar surface area (TPSA) is 59.4 Å². The van der Waals surface area contributed by atoms with E-state index in [1.807, 2.05) is 31.7 Å². The van der Waals surface area contributed by atoms with Gasteiger partial charge in [-0.2, -0.15) is 5.10 Å². The van der Waals surface area contributed by atoms with Gasteiger partial charge in [0.2, 0.25) is 5.91 Å². The maximum absolute atomic E-state index is 13.9. The number of alkyl halides is 2. The second-order valence-electron chi connectivity index (χ2n) is 10.1. The summed E-state index contributed by atoms with van der Waals surface area (Å²) >= 11 is 0. The van der Waals surface area contributed by atoms with Crippen molar-refractivity contribution in [1.82, 2.24) is 14.7 Å². The Hall–Kier alpha value is -1.70. The van der Waals surface area contributed by atoms with Crippen molar-refractivity contribution in [3.63, 3.8) is 0 Å². The van der Waals surface area contributed by atoms with Crippen LogP contribution < -0.4 is 5.32 Å². The molecule has 4 rings (SSSR count). The molecule has 168 valence electrons. The highest BCUT2D eigenvalue weighted by molar-refractivity contribution is 5.76. The smallest absolute Gasteiger partial charge is 0.260 e. The lowest BCUT2D eigenvalue weighted by atomic mass is 9.84. The lowest BCUT2D eigenvalue weighted by Gasteiger charge is -2.40. The molecule has 0 bridgehead atoms. The van der Waals surface area contributed by atoms with Gasteiger partial charge in [0.05, 0.1) is 18.2 Å². The van der Waals surface area contributed by atoms with Gasteiger partial charge in [0, 0.05) is 37.2 Å². The van der Waals surface area contributed by atoms with Gasteiger partial charge in [-0.15, -0.1) is 0 Å². The van der Waals surface area contributed by atoms with Crippen molar-refractivity contribution < 1.29 is 18.3 Å². The van der Waals surface area contributed by atoms with Gasteiger partial charge in [0.1, 0.15) is 11.9 Å². The zero-order valence-corrected chi connectivity index (χ0v) is 18.2. The van der Waals surface area contributed by atoms with Gasteiger partial charge in [-0.3, -0.25) is 4.79 Å². The zero-order chi connectivity index (χ0) is 21.5. The highest BCUT2D eigenvalue weighted by Crippen LogP contribution is 2.38. The molecule has 2 fully saturated rings. The van der Waals surface area contributed by atoms with E-state index in [1.54, 1.807) is 0 Å². The molecule has 0 aliphatic carbocycles. The zero-order valence-electron chi connectivity index (χ0n) is 18.2. The monoisotopic (exact) mass is 424 g/mol. The van der Waals surface area contributed by atoms with Crippen LogP contribution in [0.25, 0.3) is 0 Å².